The number of fused-ring (bicyclic) bond motifs is 6. The van der Waals surface area contributed by atoms with E-state index in [0.717, 1.165) is 44.1 Å². The maximum Gasteiger partial charge on any atom is 0.155 e. The molecular formula is C22H14N4O. The van der Waals surface area contributed by atoms with E-state index in [1.165, 1.54) is 0 Å². The molecule has 2 aromatic carbocycles. The summed E-state index contributed by atoms with van der Waals surface area (Å²) < 4.78 is 8.15. The summed E-state index contributed by atoms with van der Waals surface area (Å²) in [6.45, 7) is 0. The van der Waals surface area contributed by atoms with Gasteiger partial charge in [0.05, 0.1) is 28.4 Å². The first-order valence-electron chi connectivity index (χ1n) is 8.72. The van der Waals surface area contributed by atoms with Gasteiger partial charge in [0, 0.05) is 28.7 Å². The molecule has 0 bridgehead atoms. The van der Waals surface area contributed by atoms with E-state index in [1.54, 1.807) is 6.20 Å². The minimum Gasteiger partial charge on any atom is -0.454 e. The van der Waals surface area contributed by atoms with Crippen molar-refractivity contribution in [2.45, 2.75) is 0 Å². The van der Waals surface area contributed by atoms with Crippen LogP contribution in [0.1, 0.15) is 0 Å². The van der Waals surface area contributed by atoms with Crippen molar-refractivity contribution < 1.29 is 4.42 Å². The second kappa shape index (κ2) is 5.08. The Balaban J connectivity index is 1.73. The van der Waals surface area contributed by atoms with Crippen molar-refractivity contribution in [1.82, 2.24) is 14.5 Å². The number of aromatic nitrogens is 3. The Morgan fingerprint density at radius 2 is 1.67 bits per heavy atom. The van der Waals surface area contributed by atoms with Crippen molar-refractivity contribution in [3.05, 3.63) is 73.1 Å². The lowest BCUT2D eigenvalue weighted by Crippen LogP contribution is -1.93. The van der Waals surface area contributed by atoms with Crippen molar-refractivity contribution in [1.29, 1.82) is 0 Å². The van der Waals surface area contributed by atoms with Crippen LogP contribution in [-0.2, 0) is 0 Å². The highest BCUT2D eigenvalue weighted by Gasteiger charge is 2.15. The molecule has 0 unspecified atom stereocenters. The number of benzene rings is 2. The maximum atomic E-state index is 5.92. The molecule has 0 amide bonds. The summed E-state index contributed by atoms with van der Waals surface area (Å²) >= 11 is 0. The van der Waals surface area contributed by atoms with E-state index in [2.05, 4.69) is 44.9 Å². The minimum atomic E-state index is 0.593. The quantitative estimate of drug-likeness (QED) is 0.450. The maximum absolute atomic E-state index is 5.92. The number of nitrogens with two attached hydrogens (primary N) is 1. The summed E-state index contributed by atoms with van der Waals surface area (Å²) in [6.07, 6.45) is 3.49. The van der Waals surface area contributed by atoms with Gasteiger partial charge in [0.2, 0.25) is 0 Å². The number of pyridine rings is 2. The topological polar surface area (TPSA) is 69.9 Å². The molecule has 5 nitrogen and oxygen atoms in total. The highest BCUT2D eigenvalue weighted by atomic mass is 16.3. The molecule has 128 valence electrons. The fourth-order valence-electron chi connectivity index (χ4n) is 3.85. The molecule has 0 aliphatic rings. The Hall–Kier alpha value is -3.86. The summed E-state index contributed by atoms with van der Waals surface area (Å²) in [5, 5.41) is 2.11. The van der Waals surface area contributed by atoms with E-state index in [4.69, 9.17) is 10.2 Å². The molecule has 6 aromatic rings. The number of rotatable bonds is 1. The second-order valence-corrected chi connectivity index (χ2v) is 6.62. The molecule has 0 saturated heterocycles. The molecule has 0 atom stereocenters. The van der Waals surface area contributed by atoms with Crippen LogP contribution in [0.4, 0.5) is 5.69 Å². The number of para-hydroxylation sites is 1. The zero-order valence-corrected chi connectivity index (χ0v) is 14.3. The fraction of sp³-hybridized carbons (Fsp3) is 0. The molecule has 2 N–H and O–H groups in total. The van der Waals surface area contributed by atoms with E-state index in [1.807, 2.05) is 36.5 Å². The van der Waals surface area contributed by atoms with Crippen molar-refractivity contribution in [3.8, 4) is 5.69 Å². The molecule has 5 heteroatoms. The summed E-state index contributed by atoms with van der Waals surface area (Å²) in [7, 11) is 0. The Morgan fingerprint density at radius 1 is 0.778 bits per heavy atom. The van der Waals surface area contributed by atoms with E-state index < -0.39 is 0 Å². The molecular weight excluding hydrogens is 336 g/mol. The molecule has 0 aliphatic carbocycles. The molecule has 6 rings (SSSR count). The third-order valence-corrected chi connectivity index (χ3v) is 5.00. The van der Waals surface area contributed by atoms with Gasteiger partial charge in [-0.3, -0.25) is 9.97 Å². The molecule has 0 fully saturated rings. The van der Waals surface area contributed by atoms with Crippen molar-refractivity contribution in [3.63, 3.8) is 0 Å². The van der Waals surface area contributed by atoms with Crippen LogP contribution in [0.5, 0.6) is 0 Å². The Labute approximate surface area is 153 Å². The molecule has 0 saturated carbocycles. The zero-order valence-electron chi connectivity index (χ0n) is 14.3. The number of hydrogen-bond acceptors (Lipinski definition) is 4. The minimum absolute atomic E-state index is 0.593. The fourth-order valence-corrected chi connectivity index (χ4v) is 3.85. The number of anilines is 1. The lowest BCUT2D eigenvalue weighted by atomic mass is 10.2. The average molecular weight is 350 g/mol. The van der Waals surface area contributed by atoms with Gasteiger partial charge in [-0.25, -0.2) is 0 Å². The van der Waals surface area contributed by atoms with Gasteiger partial charge in [0.15, 0.2) is 5.58 Å². The van der Waals surface area contributed by atoms with Crippen molar-refractivity contribution in [2.75, 3.05) is 5.73 Å². The highest BCUT2D eigenvalue weighted by Crippen LogP contribution is 2.34. The van der Waals surface area contributed by atoms with E-state index in [-0.39, 0.29) is 0 Å². The average Bonchev–Trinajstić information content (AvgIpc) is 3.22. The van der Waals surface area contributed by atoms with E-state index in [0.29, 0.717) is 11.3 Å². The molecule has 27 heavy (non-hydrogen) atoms. The molecule has 4 aromatic heterocycles. The van der Waals surface area contributed by atoms with Gasteiger partial charge in [-0.1, -0.05) is 18.2 Å². The SMILES string of the molecule is Nc1cnc2c(c1)oc1ccc(-n3c4ccccc4c4ncccc43)cc12. The van der Waals surface area contributed by atoms with Crippen LogP contribution in [0.2, 0.25) is 0 Å². The molecule has 0 aliphatic heterocycles. The summed E-state index contributed by atoms with van der Waals surface area (Å²) in [5.74, 6) is 0. The van der Waals surface area contributed by atoms with Crippen LogP contribution >= 0.6 is 0 Å². The van der Waals surface area contributed by atoms with E-state index >= 15 is 0 Å². The lowest BCUT2D eigenvalue weighted by molar-refractivity contribution is 0.668. The van der Waals surface area contributed by atoms with Gasteiger partial charge >= 0.3 is 0 Å². The van der Waals surface area contributed by atoms with Crippen molar-refractivity contribution >= 4 is 49.7 Å². The lowest BCUT2D eigenvalue weighted by Gasteiger charge is -2.07. The molecule has 0 spiro atoms. The van der Waals surface area contributed by atoms with Gasteiger partial charge in [-0.2, -0.15) is 0 Å². The first-order valence-corrected chi connectivity index (χ1v) is 8.72. The number of furan rings is 1. The summed E-state index contributed by atoms with van der Waals surface area (Å²) in [5.41, 5.74) is 13.0. The van der Waals surface area contributed by atoms with Gasteiger partial charge < -0.3 is 14.7 Å². The number of nitrogen functional groups attached to an aromatic ring is 1. The Morgan fingerprint density at radius 3 is 2.63 bits per heavy atom. The van der Waals surface area contributed by atoms with Crippen LogP contribution < -0.4 is 5.73 Å². The third kappa shape index (κ3) is 1.93. The molecule has 0 radical (unpaired) electrons. The highest BCUT2D eigenvalue weighted by molar-refractivity contribution is 6.08. The normalized spacial score (nSPS) is 11.9. The smallest absolute Gasteiger partial charge is 0.155 e. The monoisotopic (exact) mass is 350 g/mol. The third-order valence-electron chi connectivity index (χ3n) is 5.00. The van der Waals surface area contributed by atoms with Crippen LogP contribution in [0.15, 0.2) is 77.5 Å². The number of hydrogen-bond donors (Lipinski definition) is 1. The predicted molar refractivity (Wildman–Crippen MR) is 108 cm³/mol. The first-order chi connectivity index (χ1) is 13.3. The largest absolute Gasteiger partial charge is 0.454 e. The van der Waals surface area contributed by atoms with Gasteiger partial charge in [0.25, 0.3) is 0 Å². The van der Waals surface area contributed by atoms with Crippen LogP contribution in [0.25, 0.3) is 49.7 Å². The first kappa shape index (κ1) is 14.3. The van der Waals surface area contributed by atoms with Crippen LogP contribution in [-0.4, -0.2) is 14.5 Å². The van der Waals surface area contributed by atoms with E-state index in [9.17, 15) is 0 Å². The standard InChI is InChI=1S/C22H14N4O/c23-13-10-20-22(25-12-13)16-11-14(7-8-19(16)27-20)26-17-5-2-1-4-15(17)21-18(26)6-3-9-24-21/h1-12H,23H2. The molecule has 4 heterocycles. The van der Waals surface area contributed by atoms with Crippen LogP contribution in [0.3, 0.4) is 0 Å². The predicted octanol–water partition coefficient (Wildman–Crippen LogP) is 5.06. The van der Waals surface area contributed by atoms with Gasteiger partial charge in [-0.15, -0.1) is 0 Å². The van der Waals surface area contributed by atoms with Gasteiger partial charge in [-0.05, 0) is 36.4 Å². The Kier molecular flexibility index (Phi) is 2.69. The Bertz CT molecular complexity index is 1440. The summed E-state index contributed by atoms with van der Waals surface area (Å²) in [6, 6.07) is 20.4. The summed E-state index contributed by atoms with van der Waals surface area (Å²) in [4.78, 5) is 9.08. The van der Waals surface area contributed by atoms with Crippen LogP contribution in [0, 0.1) is 0 Å². The van der Waals surface area contributed by atoms with Crippen molar-refractivity contribution in [2.24, 2.45) is 0 Å². The number of nitrogens with zero attached hydrogens (tertiary/aromatic N) is 3. The zero-order chi connectivity index (χ0) is 18.0. The second-order valence-electron chi connectivity index (χ2n) is 6.62. The van der Waals surface area contributed by atoms with Gasteiger partial charge in [0.1, 0.15) is 11.1 Å².